The highest BCUT2D eigenvalue weighted by Crippen LogP contribution is 2.44. The lowest BCUT2D eigenvalue weighted by molar-refractivity contribution is 0.0946. The third-order valence-electron chi connectivity index (χ3n) is 3.09. The first kappa shape index (κ1) is 11.0. The number of rotatable bonds is 4. The zero-order chi connectivity index (χ0) is 11.6. The maximum absolute atomic E-state index is 11.8. The Kier molecular flexibility index (Phi) is 2.83. The number of hydrazine groups is 1. The molecule has 1 saturated carbocycles. The van der Waals surface area contributed by atoms with E-state index in [1.165, 1.54) is 12.8 Å². The van der Waals surface area contributed by atoms with Gasteiger partial charge >= 0.3 is 0 Å². The molecule has 0 unspecified atom stereocenters. The monoisotopic (exact) mass is 219 g/mol. The Morgan fingerprint density at radius 1 is 1.38 bits per heavy atom. The van der Waals surface area contributed by atoms with Crippen molar-refractivity contribution in [2.45, 2.75) is 19.8 Å². The third kappa shape index (κ3) is 2.52. The molecule has 1 amide bonds. The number of hydrogen-bond acceptors (Lipinski definition) is 3. The molecule has 2 rings (SSSR count). The van der Waals surface area contributed by atoms with Crippen molar-refractivity contribution in [2.24, 2.45) is 11.3 Å². The molecule has 16 heavy (non-hydrogen) atoms. The van der Waals surface area contributed by atoms with E-state index in [2.05, 4.69) is 17.7 Å². The molecule has 0 heterocycles. The number of amides is 1. The van der Waals surface area contributed by atoms with E-state index in [4.69, 9.17) is 5.84 Å². The van der Waals surface area contributed by atoms with Gasteiger partial charge in [0.2, 0.25) is 0 Å². The van der Waals surface area contributed by atoms with E-state index in [0.717, 1.165) is 12.2 Å². The van der Waals surface area contributed by atoms with Crippen molar-refractivity contribution in [3.63, 3.8) is 0 Å². The van der Waals surface area contributed by atoms with Gasteiger partial charge in [-0.1, -0.05) is 6.92 Å². The van der Waals surface area contributed by atoms with E-state index in [1.54, 1.807) is 24.3 Å². The largest absolute Gasteiger partial charge is 0.351 e. The van der Waals surface area contributed by atoms with Crippen molar-refractivity contribution in [1.29, 1.82) is 0 Å². The fraction of sp³-hybridized carbons (Fsp3) is 0.417. The van der Waals surface area contributed by atoms with Crippen LogP contribution < -0.4 is 16.6 Å². The van der Waals surface area contributed by atoms with Crippen molar-refractivity contribution in [1.82, 2.24) is 5.32 Å². The summed E-state index contributed by atoms with van der Waals surface area (Å²) in [4.78, 5) is 11.8. The van der Waals surface area contributed by atoms with Crippen LogP contribution in [0.4, 0.5) is 5.69 Å². The Labute approximate surface area is 95.2 Å². The second-order valence-corrected chi connectivity index (χ2v) is 4.72. The van der Waals surface area contributed by atoms with Gasteiger partial charge in [0.1, 0.15) is 0 Å². The molecule has 4 nitrogen and oxygen atoms in total. The summed E-state index contributed by atoms with van der Waals surface area (Å²) in [6.07, 6.45) is 2.42. The molecule has 0 radical (unpaired) electrons. The maximum Gasteiger partial charge on any atom is 0.251 e. The van der Waals surface area contributed by atoms with Gasteiger partial charge in [-0.2, -0.15) is 0 Å². The molecule has 1 aliphatic rings. The van der Waals surface area contributed by atoms with Gasteiger partial charge in [0.05, 0.1) is 0 Å². The summed E-state index contributed by atoms with van der Waals surface area (Å²) >= 11 is 0. The lowest BCUT2D eigenvalue weighted by Crippen LogP contribution is -2.28. The van der Waals surface area contributed by atoms with Gasteiger partial charge in [0, 0.05) is 17.8 Å². The Morgan fingerprint density at radius 2 is 2.00 bits per heavy atom. The average Bonchev–Trinajstić information content (AvgIpc) is 3.05. The van der Waals surface area contributed by atoms with E-state index in [-0.39, 0.29) is 5.91 Å². The van der Waals surface area contributed by atoms with Crippen LogP contribution in [0.2, 0.25) is 0 Å². The number of carbonyl (C=O) groups is 1. The van der Waals surface area contributed by atoms with Crippen LogP contribution in [0.1, 0.15) is 30.1 Å². The first-order valence-corrected chi connectivity index (χ1v) is 5.48. The van der Waals surface area contributed by atoms with E-state index >= 15 is 0 Å². The molecular formula is C12H17N3O. The van der Waals surface area contributed by atoms with E-state index in [9.17, 15) is 4.79 Å². The lowest BCUT2D eigenvalue weighted by atomic mass is 10.1. The first-order valence-electron chi connectivity index (χ1n) is 5.48. The summed E-state index contributed by atoms with van der Waals surface area (Å²) in [5.41, 5.74) is 4.34. The second-order valence-electron chi connectivity index (χ2n) is 4.72. The molecule has 0 atom stereocenters. The van der Waals surface area contributed by atoms with Crippen molar-refractivity contribution in [3.8, 4) is 0 Å². The van der Waals surface area contributed by atoms with Gasteiger partial charge in [0.25, 0.3) is 5.91 Å². The summed E-state index contributed by atoms with van der Waals surface area (Å²) < 4.78 is 0. The molecular weight excluding hydrogens is 202 g/mol. The fourth-order valence-corrected chi connectivity index (χ4v) is 1.50. The molecule has 1 aromatic carbocycles. The van der Waals surface area contributed by atoms with Crippen LogP contribution >= 0.6 is 0 Å². The zero-order valence-corrected chi connectivity index (χ0v) is 9.42. The average molecular weight is 219 g/mol. The Balaban J connectivity index is 1.92. The standard InChI is InChI=1S/C12H17N3O/c1-12(6-7-12)8-14-11(16)9-2-4-10(15-13)5-3-9/h2-5,15H,6-8,13H2,1H3,(H,14,16). The number of carbonyl (C=O) groups excluding carboxylic acids is 1. The molecule has 0 aromatic heterocycles. The Bertz CT molecular complexity index is 382. The highest BCUT2D eigenvalue weighted by atomic mass is 16.1. The fourth-order valence-electron chi connectivity index (χ4n) is 1.50. The summed E-state index contributed by atoms with van der Waals surface area (Å²) in [6.45, 7) is 2.96. The van der Waals surface area contributed by atoms with E-state index < -0.39 is 0 Å². The first-order chi connectivity index (χ1) is 7.63. The van der Waals surface area contributed by atoms with Crippen LogP contribution in [0.5, 0.6) is 0 Å². The third-order valence-corrected chi connectivity index (χ3v) is 3.09. The van der Waals surface area contributed by atoms with Crippen LogP contribution in [0, 0.1) is 5.41 Å². The van der Waals surface area contributed by atoms with Gasteiger partial charge in [-0.3, -0.25) is 10.6 Å². The minimum Gasteiger partial charge on any atom is -0.351 e. The summed E-state index contributed by atoms with van der Waals surface area (Å²) in [5, 5.41) is 2.95. The highest BCUT2D eigenvalue weighted by Gasteiger charge is 2.37. The summed E-state index contributed by atoms with van der Waals surface area (Å²) in [7, 11) is 0. The minimum absolute atomic E-state index is 0.0169. The quantitative estimate of drug-likeness (QED) is 0.531. The predicted molar refractivity (Wildman–Crippen MR) is 63.9 cm³/mol. The van der Waals surface area contributed by atoms with Gasteiger partial charge in [-0.25, -0.2) is 0 Å². The van der Waals surface area contributed by atoms with Crippen LogP contribution in [0.25, 0.3) is 0 Å². The van der Waals surface area contributed by atoms with Gasteiger partial charge < -0.3 is 10.7 Å². The molecule has 4 heteroatoms. The molecule has 0 spiro atoms. The topological polar surface area (TPSA) is 67.2 Å². The van der Waals surface area contributed by atoms with E-state index in [1.807, 2.05) is 0 Å². The Hall–Kier alpha value is -1.55. The summed E-state index contributed by atoms with van der Waals surface area (Å²) in [5.74, 6) is 5.23. The Morgan fingerprint density at radius 3 is 2.50 bits per heavy atom. The summed E-state index contributed by atoms with van der Waals surface area (Å²) in [6, 6.07) is 7.10. The molecule has 0 aliphatic heterocycles. The number of nitrogens with two attached hydrogens (primary N) is 1. The number of nitrogen functional groups attached to an aromatic ring is 1. The van der Waals surface area contributed by atoms with Gasteiger partial charge in [-0.05, 0) is 42.5 Å². The molecule has 0 saturated heterocycles. The number of benzene rings is 1. The van der Waals surface area contributed by atoms with Gasteiger partial charge in [0.15, 0.2) is 0 Å². The van der Waals surface area contributed by atoms with E-state index in [0.29, 0.717) is 11.0 Å². The van der Waals surface area contributed by atoms with Crippen LogP contribution in [-0.4, -0.2) is 12.5 Å². The molecule has 0 bridgehead atoms. The minimum atomic E-state index is -0.0169. The maximum atomic E-state index is 11.8. The van der Waals surface area contributed by atoms with Crippen LogP contribution in [0.3, 0.4) is 0 Å². The molecule has 1 aromatic rings. The van der Waals surface area contributed by atoms with Crippen molar-refractivity contribution in [3.05, 3.63) is 29.8 Å². The van der Waals surface area contributed by atoms with Crippen molar-refractivity contribution < 1.29 is 4.79 Å². The van der Waals surface area contributed by atoms with Crippen molar-refractivity contribution >= 4 is 11.6 Å². The van der Waals surface area contributed by atoms with Crippen molar-refractivity contribution in [2.75, 3.05) is 12.0 Å². The smallest absolute Gasteiger partial charge is 0.251 e. The molecule has 86 valence electrons. The second kappa shape index (κ2) is 4.14. The number of hydrogen-bond donors (Lipinski definition) is 3. The number of anilines is 1. The van der Waals surface area contributed by atoms with Gasteiger partial charge in [-0.15, -0.1) is 0 Å². The molecule has 4 N–H and O–H groups in total. The number of nitrogens with one attached hydrogen (secondary N) is 2. The zero-order valence-electron chi connectivity index (χ0n) is 9.42. The van der Waals surface area contributed by atoms with Crippen LogP contribution in [-0.2, 0) is 0 Å². The predicted octanol–water partition coefficient (Wildman–Crippen LogP) is 1.50. The molecule has 1 aliphatic carbocycles. The SMILES string of the molecule is CC1(CNC(=O)c2ccc(NN)cc2)CC1. The highest BCUT2D eigenvalue weighted by molar-refractivity contribution is 5.94. The lowest BCUT2D eigenvalue weighted by Gasteiger charge is -2.10. The normalized spacial score (nSPS) is 16.6. The molecule has 1 fully saturated rings. The van der Waals surface area contributed by atoms with Crippen LogP contribution in [0.15, 0.2) is 24.3 Å².